The Kier molecular flexibility index (Phi) is 2.90. The Morgan fingerprint density at radius 3 is 2.11 bits per heavy atom. The highest BCUT2D eigenvalue weighted by atomic mass is 19.4. The average molecular weight is 252 g/mol. The summed E-state index contributed by atoms with van der Waals surface area (Å²) in [7, 11) is 0. The van der Waals surface area contributed by atoms with E-state index in [-0.39, 0.29) is 5.69 Å². The maximum absolute atomic E-state index is 12.7. The van der Waals surface area contributed by atoms with Crippen LogP contribution >= 0.6 is 0 Å². The molecule has 94 valence electrons. The number of alkyl halides is 3. The molecular weight excluding hydrogens is 241 g/mol. The number of nitrogens with two attached hydrogens (primary N) is 2. The van der Waals surface area contributed by atoms with Crippen LogP contribution in [0.5, 0.6) is 0 Å². The van der Waals surface area contributed by atoms with Crippen LogP contribution in [0.4, 0.5) is 24.5 Å². The molecule has 0 heterocycles. The number of nitrogen functional groups attached to an aromatic ring is 2. The lowest BCUT2D eigenvalue weighted by atomic mass is 10.0. The van der Waals surface area contributed by atoms with E-state index in [9.17, 15) is 13.2 Å². The van der Waals surface area contributed by atoms with Crippen LogP contribution in [-0.4, -0.2) is 0 Å². The molecule has 0 saturated carbocycles. The van der Waals surface area contributed by atoms with Gasteiger partial charge in [-0.2, -0.15) is 13.2 Å². The molecule has 0 aliphatic rings. The third-order valence-electron chi connectivity index (χ3n) is 2.58. The molecule has 0 aliphatic carbocycles. The van der Waals surface area contributed by atoms with Crippen LogP contribution in [0.2, 0.25) is 0 Å². The van der Waals surface area contributed by atoms with Crippen molar-refractivity contribution in [1.82, 2.24) is 0 Å². The Morgan fingerprint density at radius 1 is 0.833 bits per heavy atom. The van der Waals surface area contributed by atoms with Gasteiger partial charge in [-0.1, -0.05) is 18.2 Å². The smallest absolute Gasteiger partial charge is 0.399 e. The van der Waals surface area contributed by atoms with Gasteiger partial charge in [-0.25, -0.2) is 0 Å². The summed E-state index contributed by atoms with van der Waals surface area (Å²) >= 11 is 0. The first-order valence-corrected chi connectivity index (χ1v) is 5.20. The van der Waals surface area contributed by atoms with Crippen LogP contribution in [0.3, 0.4) is 0 Å². The second kappa shape index (κ2) is 4.25. The zero-order chi connectivity index (χ0) is 13.3. The monoisotopic (exact) mass is 252 g/mol. The first-order valence-electron chi connectivity index (χ1n) is 5.20. The van der Waals surface area contributed by atoms with Crippen molar-refractivity contribution in [3.8, 4) is 11.1 Å². The van der Waals surface area contributed by atoms with Crippen LogP contribution in [0.1, 0.15) is 5.56 Å². The van der Waals surface area contributed by atoms with Crippen molar-refractivity contribution in [2.45, 2.75) is 6.18 Å². The predicted octanol–water partition coefficient (Wildman–Crippen LogP) is 3.54. The van der Waals surface area contributed by atoms with E-state index in [1.807, 2.05) is 0 Å². The topological polar surface area (TPSA) is 52.0 Å². The van der Waals surface area contributed by atoms with Crippen molar-refractivity contribution in [3.63, 3.8) is 0 Å². The summed E-state index contributed by atoms with van der Waals surface area (Å²) < 4.78 is 38.2. The minimum Gasteiger partial charge on any atom is -0.399 e. The fourth-order valence-corrected chi connectivity index (χ4v) is 1.70. The normalized spacial score (nSPS) is 11.5. The van der Waals surface area contributed by atoms with Gasteiger partial charge in [0.05, 0.1) is 5.56 Å². The molecule has 0 amide bonds. The summed E-state index contributed by atoms with van der Waals surface area (Å²) in [6.45, 7) is 0. The Labute approximate surface area is 102 Å². The van der Waals surface area contributed by atoms with Crippen molar-refractivity contribution in [1.29, 1.82) is 0 Å². The molecule has 2 nitrogen and oxygen atoms in total. The van der Waals surface area contributed by atoms with Crippen molar-refractivity contribution in [2.75, 3.05) is 11.5 Å². The number of halogens is 3. The molecule has 2 aromatic carbocycles. The molecule has 2 aromatic rings. The van der Waals surface area contributed by atoms with Crippen molar-refractivity contribution < 1.29 is 13.2 Å². The lowest BCUT2D eigenvalue weighted by Crippen LogP contribution is -2.08. The lowest BCUT2D eigenvalue weighted by molar-refractivity contribution is -0.136. The lowest BCUT2D eigenvalue weighted by Gasteiger charge is -2.12. The number of benzene rings is 2. The van der Waals surface area contributed by atoms with E-state index in [4.69, 9.17) is 11.5 Å². The van der Waals surface area contributed by atoms with Gasteiger partial charge in [-0.15, -0.1) is 0 Å². The molecule has 0 atom stereocenters. The summed E-state index contributed by atoms with van der Waals surface area (Å²) in [5.74, 6) is 0. The van der Waals surface area contributed by atoms with Gasteiger partial charge in [0.1, 0.15) is 0 Å². The summed E-state index contributed by atoms with van der Waals surface area (Å²) in [6.07, 6.45) is -4.46. The van der Waals surface area contributed by atoms with E-state index < -0.39 is 11.7 Å². The van der Waals surface area contributed by atoms with Crippen LogP contribution in [0.25, 0.3) is 11.1 Å². The largest absolute Gasteiger partial charge is 0.418 e. The van der Waals surface area contributed by atoms with E-state index in [1.54, 1.807) is 30.3 Å². The van der Waals surface area contributed by atoms with Gasteiger partial charge in [0, 0.05) is 11.4 Å². The Hall–Kier alpha value is -2.17. The predicted molar refractivity (Wildman–Crippen MR) is 65.7 cm³/mol. The molecule has 0 radical (unpaired) electrons. The van der Waals surface area contributed by atoms with Crippen molar-refractivity contribution in [2.24, 2.45) is 0 Å². The summed E-state index contributed by atoms with van der Waals surface area (Å²) in [5, 5.41) is 0. The van der Waals surface area contributed by atoms with Crippen molar-refractivity contribution in [3.05, 3.63) is 48.0 Å². The SMILES string of the molecule is Nc1cccc(-c2ccc(N)c(C(F)(F)F)c2)c1. The minimum atomic E-state index is -4.46. The van der Waals surface area contributed by atoms with Gasteiger partial charge >= 0.3 is 6.18 Å². The van der Waals surface area contributed by atoms with Gasteiger partial charge < -0.3 is 11.5 Å². The van der Waals surface area contributed by atoms with Gasteiger partial charge in [-0.3, -0.25) is 0 Å². The van der Waals surface area contributed by atoms with Crippen LogP contribution in [0, 0.1) is 0 Å². The molecule has 0 aliphatic heterocycles. The standard InChI is InChI=1S/C13H11F3N2/c14-13(15,16)11-7-9(4-5-12(11)18)8-2-1-3-10(17)6-8/h1-7H,17-18H2. The first-order chi connectivity index (χ1) is 8.38. The summed E-state index contributed by atoms with van der Waals surface area (Å²) in [4.78, 5) is 0. The first kappa shape index (κ1) is 12.3. The van der Waals surface area contributed by atoms with E-state index in [0.29, 0.717) is 16.8 Å². The molecule has 2 rings (SSSR count). The zero-order valence-electron chi connectivity index (χ0n) is 9.33. The second-order valence-corrected chi connectivity index (χ2v) is 3.93. The number of hydrogen-bond donors (Lipinski definition) is 2. The molecule has 5 heteroatoms. The number of anilines is 2. The van der Waals surface area contributed by atoms with Crippen molar-refractivity contribution >= 4 is 11.4 Å². The molecule has 0 spiro atoms. The molecule has 0 aromatic heterocycles. The molecule has 4 N–H and O–H groups in total. The molecule has 18 heavy (non-hydrogen) atoms. The Bertz CT molecular complexity index is 577. The van der Waals surface area contributed by atoms with Gasteiger partial charge in [0.15, 0.2) is 0 Å². The highest BCUT2D eigenvalue weighted by Crippen LogP contribution is 2.36. The zero-order valence-corrected chi connectivity index (χ0v) is 9.33. The molecule has 0 unspecified atom stereocenters. The Morgan fingerprint density at radius 2 is 1.50 bits per heavy atom. The third-order valence-corrected chi connectivity index (χ3v) is 2.58. The van der Waals surface area contributed by atoms with Crippen LogP contribution in [0.15, 0.2) is 42.5 Å². The van der Waals surface area contributed by atoms with E-state index in [1.165, 1.54) is 6.07 Å². The Balaban J connectivity index is 2.54. The maximum atomic E-state index is 12.7. The molecular formula is C13H11F3N2. The molecule has 0 bridgehead atoms. The quantitative estimate of drug-likeness (QED) is 0.763. The third kappa shape index (κ3) is 2.40. The summed E-state index contributed by atoms with van der Waals surface area (Å²) in [5.41, 5.74) is 11.4. The highest BCUT2D eigenvalue weighted by Gasteiger charge is 2.33. The number of rotatable bonds is 1. The maximum Gasteiger partial charge on any atom is 0.418 e. The van der Waals surface area contributed by atoms with Crippen LogP contribution < -0.4 is 11.5 Å². The van der Waals surface area contributed by atoms with Gasteiger partial charge in [0.2, 0.25) is 0 Å². The fraction of sp³-hybridized carbons (Fsp3) is 0.0769. The van der Waals surface area contributed by atoms with Gasteiger partial charge in [-0.05, 0) is 35.4 Å². The molecule has 0 fully saturated rings. The van der Waals surface area contributed by atoms with Gasteiger partial charge in [0.25, 0.3) is 0 Å². The number of hydrogen-bond acceptors (Lipinski definition) is 2. The average Bonchev–Trinajstić information content (AvgIpc) is 2.28. The van der Waals surface area contributed by atoms with E-state index >= 15 is 0 Å². The van der Waals surface area contributed by atoms with Crippen LogP contribution in [-0.2, 0) is 6.18 Å². The van der Waals surface area contributed by atoms with E-state index in [0.717, 1.165) is 6.07 Å². The highest BCUT2D eigenvalue weighted by molar-refractivity contribution is 5.70. The second-order valence-electron chi connectivity index (χ2n) is 3.93. The molecule has 0 saturated heterocycles. The summed E-state index contributed by atoms with van der Waals surface area (Å²) in [6, 6.07) is 10.5. The fourth-order valence-electron chi connectivity index (χ4n) is 1.70. The minimum absolute atomic E-state index is 0.282. The van der Waals surface area contributed by atoms with E-state index in [2.05, 4.69) is 0 Å².